The Morgan fingerprint density at radius 3 is 2.58 bits per heavy atom. The third-order valence-corrected chi connectivity index (χ3v) is 5.33. The van der Waals surface area contributed by atoms with Gasteiger partial charge in [0.1, 0.15) is 0 Å². The van der Waals surface area contributed by atoms with Gasteiger partial charge in [0.15, 0.2) is 0 Å². The van der Waals surface area contributed by atoms with Crippen LogP contribution < -0.4 is 15.5 Å². The maximum absolute atomic E-state index is 12.1. The minimum absolute atomic E-state index is 0.00288. The van der Waals surface area contributed by atoms with Crippen LogP contribution in [0.5, 0.6) is 0 Å². The Labute approximate surface area is 145 Å². The van der Waals surface area contributed by atoms with Crippen LogP contribution in [0.25, 0.3) is 0 Å². The molecule has 5 heteroatoms. The van der Waals surface area contributed by atoms with Crippen LogP contribution in [0.3, 0.4) is 0 Å². The van der Waals surface area contributed by atoms with E-state index in [1.54, 1.807) is 0 Å². The Morgan fingerprint density at radius 2 is 1.88 bits per heavy atom. The number of carbonyl (C=O) groups is 1. The minimum Gasteiger partial charge on any atom is -0.371 e. The summed E-state index contributed by atoms with van der Waals surface area (Å²) < 4.78 is 0. The van der Waals surface area contributed by atoms with Crippen LogP contribution in [0.1, 0.15) is 26.2 Å². The summed E-state index contributed by atoms with van der Waals surface area (Å²) in [6.07, 6.45) is 3.27. The number of nitrogens with one attached hydrogen (secondary N) is 2. The summed E-state index contributed by atoms with van der Waals surface area (Å²) in [4.78, 5) is 17.0. The summed E-state index contributed by atoms with van der Waals surface area (Å²) in [6.45, 7) is 8.36. The Bertz CT molecular complexity index is 513. The van der Waals surface area contributed by atoms with Gasteiger partial charge >= 0.3 is 6.03 Å². The number of rotatable bonds is 5. The van der Waals surface area contributed by atoms with E-state index in [0.717, 1.165) is 58.5 Å². The highest BCUT2D eigenvalue weighted by molar-refractivity contribution is 5.74. The first-order chi connectivity index (χ1) is 11.7. The predicted molar refractivity (Wildman–Crippen MR) is 98.4 cm³/mol. The molecule has 0 aliphatic carbocycles. The number of urea groups is 1. The molecule has 0 aromatic heterocycles. The number of para-hydroxylation sites is 1. The van der Waals surface area contributed by atoms with Gasteiger partial charge in [-0.25, -0.2) is 4.79 Å². The lowest BCUT2D eigenvalue weighted by atomic mass is 10.1. The molecule has 1 aromatic rings. The topological polar surface area (TPSA) is 47.6 Å². The summed E-state index contributed by atoms with van der Waals surface area (Å²) in [5.41, 5.74) is 1.28. The third-order valence-electron chi connectivity index (χ3n) is 5.33. The number of anilines is 1. The summed E-state index contributed by atoms with van der Waals surface area (Å²) in [7, 11) is 0. The zero-order valence-corrected chi connectivity index (χ0v) is 14.7. The van der Waals surface area contributed by atoms with Crippen LogP contribution >= 0.6 is 0 Å². The fourth-order valence-corrected chi connectivity index (χ4v) is 3.74. The molecule has 0 unspecified atom stereocenters. The smallest absolute Gasteiger partial charge is 0.315 e. The highest BCUT2D eigenvalue weighted by Crippen LogP contribution is 2.22. The molecule has 5 nitrogen and oxygen atoms in total. The van der Waals surface area contributed by atoms with Gasteiger partial charge in [-0.3, -0.25) is 0 Å². The van der Waals surface area contributed by atoms with E-state index in [4.69, 9.17) is 0 Å². The molecule has 0 bridgehead atoms. The molecule has 2 heterocycles. The standard InChI is InChI=1S/C19H30N4O/c1-2-22-11-9-17(10-12-22)21-19(24)20-14-16-8-13-23(15-16)18-6-4-3-5-7-18/h3-7,16-17H,2,8-15H2,1H3,(H2,20,21,24)/t16-/m0/s1. The zero-order chi connectivity index (χ0) is 16.8. The highest BCUT2D eigenvalue weighted by atomic mass is 16.2. The molecule has 132 valence electrons. The van der Waals surface area contributed by atoms with Crippen molar-refractivity contribution in [2.24, 2.45) is 5.92 Å². The Balaban J connectivity index is 1.35. The molecular weight excluding hydrogens is 300 g/mol. The largest absolute Gasteiger partial charge is 0.371 e. The number of likely N-dealkylation sites (tertiary alicyclic amines) is 1. The van der Waals surface area contributed by atoms with E-state index in [1.807, 2.05) is 6.07 Å². The van der Waals surface area contributed by atoms with Gasteiger partial charge in [0.25, 0.3) is 0 Å². The molecule has 2 aliphatic heterocycles. The van der Waals surface area contributed by atoms with Crippen molar-refractivity contribution in [2.45, 2.75) is 32.2 Å². The SMILES string of the molecule is CCN1CCC(NC(=O)NC[C@@H]2CCN(c3ccccc3)C2)CC1. The Hall–Kier alpha value is -1.75. The monoisotopic (exact) mass is 330 g/mol. The van der Waals surface area contributed by atoms with Crippen LogP contribution in [0.2, 0.25) is 0 Å². The molecular formula is C19H30N4O. The van der Waals surface area contributed by atoms with Crippen LogP contribution in [-0.2, 0) is 0 Å². The molecule has 2 saturated heterocycles. The number of piperidine rings is 1. The van der Waals surface area contributed by atoms with Crippen LogP contribution in [0.15, 0.2) is 30.3 Å². The predicted octanol–water partition coefficient (Wildman–Crippen LogP) is 2.30. The van der Waals surface area contributed by atoms with Crippen LogP contribution in [0.4, 0.5) is 10.5 Å². The van der Waals surface area contributed by atoms with Crippen molar-refractivity contribution in [3.8, 4) is 0 Å². The first-order valence-corrected chi connectivity index (χ1v) is 9.31. The molecule has 2 fully saturated rings. The number of hydrogen-bond acceptors (Lipinski definition) is 3. The summed E-state index contributed by atoms with van der Waals surface area (Å²) >= 11 is 0. The maximum Gasteiger partial charge on any atom is 0.315 e. The van der Waals surface area contributed by atoms with Gasteiger partial charge in [-0.2, -0.15) is 0 Å². The molecule has 2 N–H and O–H groups in total. The van der Waals surface area contributed by atoms with E-state index in [0.29, 0.717) is 12.0 Å². The van der Waals surface area contributed by atoms with Crippen molar-refractivity contribution in [1.82, 2.24) is 15.5 Å². The lowest BCUT2D eigenvalue weighted by Gasteiger charge is -2.31. The molecule has 24 heavy (non-hydrogen) atoms. The van der Waals surface area contributed by atoms with Crippen molar-refractivity contribution in [3.05, 3.63) is 30.3 Å². The van der Waals surface area contributed by atoms with E-state index >= 15 is 0 Å². The van der Waals surface area contributed by atoms with Crippen molar-refractivity contribution in [3.63, 3.8) is 0 Å². The number of benzene rings is 1. The second kappa shape index (κ2) is 8.38. The summed E-state index contributed by atoms with van der Waals surface area (Å²) in [6, 6.07) is 10.9. The molecule has 0 radical (unpaired) electrons. The van der Waals surface area contributed by atoms with Crippen molar-refractivity contribution in [1.29, 1.82) is 0 Å². The second-order valence-corrected chi connectivity index (χ2v) is 7.00. The lowest BCUT2D eigenvalue weighted by Crippen LogP contribution is -2.48. The van der Waals surface area contributed by atoms with Gasteiger partial charge in [-0.05, 0) is 43.9 Å². The number of hydrogen-bond donors (Lipinski definition) is 2. The first kappa shape index (κ1) is 17.1. The molecule has 0 saturated carbocycles. The third kappa shape index (κ3) is 4.63. The van der Waals surface area contributed by atoms with E-state index in [1.165, 1.54) is 5.69 Å². The zero-order valence-electron chi connectivity index (χ0n) is 14.7. The Kier molecular flexibility index (Phi) is 5.96. The molecule has 1 aromatic carbocycles. The van der Waals surface area contributed by atoms with E-state index in [2.05, 4.69) is 51.6 Å². The molecule has 1 atom stereocenters. The Morgan fingerprint density at radius 1 is 1.12 bits per heavy atom. The summed E-state index contributed by atoms with van der Waals surface area (Å²) in [5, 5.41) is 6.22. The van der Waals surface area contributed by atoms with Gasteiger partial charge in [-0.1, -0.05) is 25.1 Å². The fourth-order valence-electron chi connectivity index (χ4n) is 3.74. The van der Waals surface area contributed by atoms with E-state index in [9.17, 15) is 4.79 Å². The van der Waals surface area contributed by atoms with Gasteiger partial charge in [-0.15, -0.1) is 0 Å². The van der Waals surface area contributed by atoms with Crippen molar-refractivity contribution in [2.75, 3.05) is 44.2 Å². The molecule has 3 rings (SSSR count). The van der Waals surface area contributed by atoms with E-state index < -0.39 is 0 Å². The van der Waals surface area contributed by atoms with Gasteiger partial charge in [0, 0.05) is 44.5 Å². The van der Waals surface area contributed by atoms with Crippen LogP contribution in [0, 0.1) is 5.92 Å². The lowest BCUT2D eigenvalue weighted by molar-refractivity contribution is 0.198. The molecule has 2 aliphatic rings. The average Bonchev–Trinajstić information content (AvgIpc) is 3.10. The van der Waals surface area contributed by atoms with Crippen molar-refractivity contribution < 1.29 is 4.79 Å². The second-order valence-electron chi connectivity index (χ2n) is 7.00. The number of amides is 2. The molecule has 0 spiro atoms. The van der Waals surface area contributed by atoms with Gasteiger partial charge in [0.2, 0.25) is 0 Å². The van der Waals surface area contributed by atoms with Gasteiger partial charge in [0.05, 0.1) is 0 Å². The quantitative estimate of drug-likeness (QED) is 0.871. The van der Waals surface area contributed by atoms with Gasteiger partial charge < -0.3 is 20.4 Å². The first-order valence-electron chi connectivity index (χ1n) is 9.31. The number of nitrogens with zero attached hydrogens (tertiary/aromatic N) is 2. The average molecular weight is 330 g/mol. The summed E-state index contributed by atoms with van der Waals surface area (Å²) in [5.74, 6) is 0.540. The molecule has 2 amide bonds. The minimum atomic E-state index is 0.00288. The maximum atomic E-state index is 12.1. The number of carbonyl (C=O) groups excluding carboxylic acids is 1. The highest BCUT2D eigenvalue weighted by Gasteiger charge is 2.24. The van der Waals surface area contributed by atoms with Crippen molar-refractivity contribution >= 4 is 11.7 Å². The normalized spacial score (nSPS) is 22.5. The fraction of sp³-hybridized carbons (Fsp3) is 0.632. The van der Waals surface area contributed by atoms with Crippen LogP contribution in [-0.4, -0.2) is 56.2 Å². The van der Waals surface area contributed by atoms with E-state index in [-0.39, 0.29) is 6.03 Å².